The molecule has 0 atom stereocenters. The fourth-order valence-corrected chi connectivity index (χ4v) is 5.87. The van der Waals surface area contributed by atoms with Gasteiger partial charge in [-0.15, -0.1) is 0 Å². The van der Waals surface area contributed by atoms with E-state index >= 15 is 0 Å². The van der Waals surface area contributed by atoms with Crippen LogP contribution in [0, 0.1) is 0 Å². The highest BCUT2D eigenvalue weighted by Gasteiger charge is 2.42. The van der Waals surface area contributed by atoms with Crippen LogP contribution in [-0.4, -0.2) is 26.9 Å². The number of alkyl halides is 3. The molecule has 0 radical (unpaired) electrons. The molecule has 1 fully saturated rings. The molecule has 0 aromatic heterocycles. The monoisotopic (exact) mass is 438 g/mol. The van der Waals surface area contributed by atoms with Crippen LogP contribution in [0.1, 0.15) is 37.7 Å². The predicted molar refractivity (Wildman–Crippen MR) is 106 cm³/mol. The summed E-state index contributed by atoms with van der Waals surface area (Å²) in [7, 11) is -4.19. The Bertz CT molecular complexity index is 1080. The van der Waals surface area contributed by atoms with Crippen LogP contribution in [0.4, 0.5) is 18.9 Å². The van der Waals surface area contributed by atoms with Crippen LogP contribution in [0.3, 0.4) is 0 Å². The summed E-state index contributed by atoms with van der Waals surface area (Å²) >= 11 is 0. The van der Waals surface area contributed by atoms with E-state index in [1.807, 2.05) is 0 Å². The first-order valence-corrected chi connectivity index (χ1v) is 11.3. The molecule has 2 aromatic carbocycles. The topological polar surface area (TPSA) is 66.5 Å². The van der Waals surface area contributed by atoms with Crippen LogP contribution in [0.5, 0.6) is 0 Å². The van der Waals surface area contributed by atoms with Crippen molar-refractivity contribution in [3.63, 3.8) is 0 Å². The van der Waals surface area contributed by atoms with Gasteiger partial charge >= 0.3 is 6.18 Å². The maximum atomic E-state index is 13.7. The van der Waals surface area contributed by atoms with Crippen molar-refractivity contribution >= 4 is 21.6 Å². The minimum Gasteiger partial charge on any atom is -0.352 e. The highest BCUT2D eigenvalue weighted by atomic mass is 32.2. The molecule has 2 aromatic rings. The van der Waals surface area contributed by atoms with E-state index in [2.05, 4.69) is 5.32 Å². The van der Waals surface area contributed by atoms with Crippen molar-refractivity contribution < 1.29 is 26.4 Å². The average Bonchev–Trinajstić information content (AvgIpc) is 2.71. The summed E-state index contributed by atoms with van der Waals surface area (Å²) in [5.41, 5.74) is -1.30. The van der Waals surface area contributed by atoms with Gasteiger partial charge in [0.25, 0.3) is 10.0 Å². The summed E-state index contributed by atoms with van der Waals surface area (Å²) in [6.07, 6.45) is 0.0231. The van der Waals surface area contributed by atoms with E-state index in [9.17, 15) is 26.4 Å². The summed E-state index contributed by atoms with van der Waals surface area (Å²) in [4.78, 5) is 12.4. The number of sulfonamides is 1. The Morgan fingerprint density at radius 2 is 1.73 bits per heavy atom. The number of rotatable bonds is 3. The molecule has 5 nitrogen and oxygen atoms in total. The van der Waals surface area contributed by atoms with Crippen molar-refractivity contribution in [2.24, 2.45) is 0 Å². The lowest BCUT2D eigenvalue weighted by Crippen LogP contribution is -2.46. The van der Waals surface area contributed by atoms with Gasteiger partial charge in [0, 0.05) is 17.2 Å². The second-order valence-corrected chi connectivity index (χ2v) is 9.44. The molecule has 0 saturated heterocycles. The number of anilines is 1. The lowest BCUT2D eigenvalue weighted by atomic mass is 9.95. The summed E-state index contributed by atoms with van der Waals surface area (Å²) in [5.74, 6) is -0.520. The molecule has 1 saturated carbocycles. The van der Waals surface area contributed by atoms with Crippen molar-refractivity contribution in [2.75, 3.05) is 10.8 Å². The van der Waals surface area contributed by atoms with Gasteiger partial charge in [-0.3, -0.25) is 9.10 Å². The largest absolute Gasteiger partial charge is 0.417 e. The molecule has 0 unspecified atom stereocenters. The minimum absolute atomic E-state index is 0.00985. The molecule has 1 amide bonds. The number of carbonyl (C=O) groups is 1. The van der Waals surface area contributed by atoms with Gasteiger partial charge in [0.1, 0.15) is 6.54 Å². The number of fused-ring (bicyclic) bond motifs is 3. The third kappa shape index (κ3) is 3.66. The summed E-state index contributed by atoms with van der Waals surface area (Å²) in [6.45, 7) is -0.568. The molecule has 1 aliphatic heterocycles. The molecule has 160 valence electrons. The van der Waals surface area contributed by atoms with Gasteiger partial charge in [-0.25, -0.2) is 8.42 Å². The van der Waals surface area contributed by atoms with Crippen LogP contribution >= 0.6 is 0 Å². The van der Waals surface area contributed by atoms with E-state index in [1.165, 1.54) is 30.3 Å². The Kier molecular flexibility index (Phi) is 5.25. The molecular weight excluding hydrogens is 417 g/mol. The fourth-order valence-electron chi connectivity index (χ4n) is 4.23. The first kappa shape index (κ1) is 20.7. The van der Waals surface area contributed by atoms with Gasteiger partial charge in [0.05, 0.1) is 16.1 Å². The maximum Gasteiger partial charge on any atom is 0.417 e. The number of nitrogens with zero attached hydrogens (tertiary/aromatic N) is 1. The van der Waals surface area contributed by atoms with Crippen molar-refractivity contribution in [1.29, 1.82) is 0 Å². The summed E-state index contributed by atoms with van der Waals surface area (Å²) in [6, 6.07) is 8.95. The van der Waals surface area contributed by atoms with Crippen LogP contribution in [0.2, 0.25) is 0 Å². The molecule has 1 aliphatic carbocycles. The number of halogens is 3. The Morgan fingerprint density at radius 3 is 2.43 bits per heavy atom. The lowest BCUT2D eigenvalue weighted by Gasteiger charge is -2.33. The number of nitrogens with one attached hydrogen (secondary N) is 1. The predicted octanol–water partition coefficient (Wildman–Crippen LogP) is 4.33. The zero-order chi connectivity index (χ0) is 21.5. The molecule has 0 bridgehead atoms. The zero-order valence-electron chi connectivity index (χ0n) is 16.1. The third-order valence-electron chi connectivity index (χ3n) is 5.60. The highest BCUT2D eigenvalue weighted by Crippen LogP contribution is 2.48. The van der Waals surface area contributed by atoms with Crippen LogP contribution in [-0.2, 0) is 21.0 Å². The number of benzene rings is 2. The van der Waals surface area contributed by atoms with E-state index in [-0.39, 0.29) is 27.8 Å². The SMILES string of the molecule is O=C(CN1c2cccc(C(F)(F)F)c2-c2ccccc2S1(=O)=O)NC1CCCCC1. The first-order valence-electron chi connectivity index (χ1n) is 9.81. The number of carbonyl (C=O) groups excluding carboxylic acids is 1. The fraction of sp³-hybridized carbons (Fsp3) is 0.381. The van der Waals surface area contributed by atoms with E-state index in [0.717, 1.165) is 48.5 Å². The van der Waals surface area contributed by atoms with Gasteiger partial charge in [-0.2, -0.15) is 13.2 Å². The zero-order valence-corrected chi connectivity index (χ0v) is 16.9. The van der Waals surface area contributed by atoms with E-state index in [1.54, 1.807) is 0 Å². The standard InChI is InChI=1S/C21H21F3N2O3S/c22-21(23,24)16-10-6-11-17-20(16)15-9-4-5-12-18(15)30(28,29)26(17)13-19(27)25-14-7-2-1-3-8-14/h4-6,9-12,14H,1-3,7-8,13H2,(H,25,27). The second kappa shape index (κ2) is 7.61. The Labute approximate surface area is 172 Å². The van der Waals surface area contributed by atoms with Crippen LogP contribution < -0.4 is 9.62 Å². The second-order valence-electron chi connectivity index (χ2n) is 7.61. The molecular formula is C21H21F3N2O3S. The van der Waals surface area contributed by atoms with E-state index < -0.39 is 34.2 Å². The molecule has 0 spiro atoms. The first-order chi connectivity index (χ1) is 14.2. The number of hydrogen-bond donors (Lipinski definition) is 1. The average molecular weight is 438 g/mol. The van der Waals surface area contributed by atoms with Gasteiger partial charge < -0.3 is 5.32 Å². The quantitative estimate of drug-likeness (QED) is 0.776. The van der Waals surface area contributed by atoms with Crippen LogP contribution in [0.15, 0.2) is 47.4 Å². The third-order valence-corrected chi connectivity index (χ3v) is 7.42. The minimum atomic E-state index is -4.67. The smallest absolute Gasteiger partial charge is 0.352 e. The summed E-state index contributed by atoms with van der Waals surface area (Å²) < 4.78 is 68.4. The number of amides is 1. The molecule has 2 aliphatic rings. The van der Waals surface area contributed by atoms with Gasteiger partial charge in [0.2, 0.25) is 5.91 Å². The van der Waals surface area contributed by atoms with Crippen molar-refractivity contribution in [2.45, 2.75) is 49.2 Å². The Balaban J connectivity index is 1.78. The van der Waals surface area contributed by atoms with E-state index in [0.29, 0.717) is 0 Å². The normalized spacial score (nSPS) is 18.4. The van der Waals surface area contributed by atoms with Crippen LogP contribution in [0.25, 0.3) is 11.1 Å². The Hall–Kier alpha value is -2.55. The van der Waals surface area contributed by atoms with Gasteiger partial charge in [-0.1, -0.05) is 43.5 Å². The lowest BCUT2D eigenvalue weighted by molar-refractivity contribution is -0.137. The molecule has 1 N–H and O–H groups in total. The Morgan fingerprint density at radius 1 is 1.03 bits per heavy atom. The van der Waals surface area contributed by atoms with Crippen molar-refractivity contribution in [3.8, 4) is 11.1 Å². The van der Waals surface area contributed by atoms with Gasteiger partial charge in [-0.05, 0) is 31.0 Å². The maximum absolute atomic E-state index is 13.7. The van der Waals surface area contributed by atoms with Crippen molar-refractivity contribution in [3.05, 3.63) is 48.0 Å². The number of hydrogen-bond acceptors (Lipinski definition) is 3. The molecule has 9 heteroatoms. The molecule has 1 heterocycles. The molecule has 30 heavy (non-hydrogen) atoms. The van der Waals surface area contributed by atoms with Crippen molar-refractivity contribution in [1.82, 2.24) is 5.32 Å². The molecule has 4 rings (SSSR count). The summed E-state index contributed by atoms with van der Waals surface area (Å²) in [5, 5.41) is 2.84. The van der Waals surface area contributed by atoms with E-state index in [4.69, 9.17) is 0 Å². The highest BCUT2D eigenvalue weighted by molar-refractivity contribution is 7.93. The van der Waals surface area contributed by atoms with Gasteiger partial charge in [0.15, 0.2) is 0 Å².